The second kappa shape index (κ2) is 16.5. The molecule has 0 N–H and O–H groups in total. The van der Waals surface area contributed by atoms with Crippen molar-refractivity contribution in [2.45, 2.75) is 0 Å². The van der Waals surface area contributed by atoms with Gasteiger partial charge < -0.3 is 9.13 Å². The molecule has 4 nitrogen and oxygen atoms in total. The first-order valence-electron chi connectivity index (χ1n) is 30.9. The smallest absolute Gasteiger partial charge is 0.220 e. The summed E-state index contributed by atoms with van der Waals surface area (Å²) in [6, 6.07) is 35.9. The lowest BCUT2D eigenvalue weighted by Crippen LogP contribution is -2.09. The summed E-state index contributed by atoms with van der Waals surface area (Å²) in [5, 5.41) is 18.4. The zero-order valence-corrected chi connectivity index (χ0v) is 40.0. The Morgan fingerprint density at radius 2 is 1.01 bits per heavy atom. The van der Waals surface area contributed by atoms with Crippen LogP contribution < -0.4 is 0 Å². The van der Waals surface area contributed by atoms with E-state index < -0.39 is 119 Å². The maximum atomic E-state index is 12.5. The molecule has 0 unspecified atom stereocenters. The first-order valence-corrected chi connectivity index (χ1v) is 25.1. The summed E-state index contributed by atoms with van der Waals surface area (Å²) in [7, 11) is 0. The zero-order chi connectivity index (χ0) is 62.1. The summed E-state index contributed by atoms with van der Waals surface area (Å²) < 4.78 is 145. The molecular formula is C68H38N4S2. The molecule has 0 amide bonds. The van der Waals surface area contributed by atoms with Crippen molar-refractivity contribution in [2.75, 3.05) is 0 Å². The first-order chi connectivity index (χ1) is 42.9. The fourth-order valence-electron chi connectivity index (χ4n) is 11.1. The van der Waals surface area contributed by atoms with Gasteiger partial charge in [0.1, 0.15) is 6.07 Å². The van der Waals surface area contributed by atoms with Crippen LogP contribution in [0, 0.1) is 17.9 Å². The van der Waals surface area contributed by atoms with Gasteiger partial charge in [0.05, 0.1) is 75.5 Å². The molecule has 0 aliphatic rings. The third-order valence-electron chi connectivity index (χ3n) is 14.0. The molecule has 0 aliphatic heterocycles. The van der Waals surface area contributed by atoms with Crippen LogP contribution in [0.15, 0.2) is 230 Å². The number of rotatable bonds is 6. The quantitative estimate of drug-likeness (QED) is 0.153. The molecule has 74 heavy (non-hydrogen) atoms. The predicted octanol–water partition coefficient (Wildman–Crippen LogP) is 19.7. The van der Waals surface area contributed by atoms with E-state index >= 15 is 0 Å². The SMILES string of the molecule is [2H]c1c([2H])c([2H])c(-c2ccc3c4ccccc4n(-c4c([N+]#[C-])c(-c5c([2H])c([2H])c([2H])c([2H])c5[2H])c(C#N)c(-n5c6c(ccc7c8ccccc8sc76)c6ccc7c(sc8cccc(-c9ccccc9)c87)c65)c4-c4c([2H])c([2H])c([2H])c([2H])c4[2H])c3c2)c([2H])c1[2H]. The Morgan fingerprint density at radius 3 is 1.73 bits per heavy atom. The van der Waals surface area contributed by atoms with Crippen molar-refractivity contribution in [3.63, 3.8) is 0 Å². The molecule has 0 saturated heterocycles. The molecule has 15 rings (SSSR count). The summed E-state index contributed by atoms with van der Waals surface area (Å²) in [5.41, 5.74) is 0.492. The molecule has 0 atom stereocenters. The van der Waals surface area contributed by atoms with Crippen molar-refractivity contribution in [3.05, 3.63) is 247 Å². The van der Waals surface area contributed by atoms with Crippen LogP contribution in [0.4, 0.5) is 5.69 Å². The lowest BCUT2D eigenvalue weighted by Gasteiger charge is -2.26. The third-order valence-corrected chi connectivity index (χ3v) is 16.4. The highest BCUT2D eigenvalue weighted by Gasteiger charge is 2.33. The van der Waals surface area contributed by atoms with E-state index in [-0.39, 0.29) is 33.6 Å². The van der Waals surface area contributed by atoms with Gasteiger partial charge in [0.15, 0.2) is 0 Å². The highest BCUT2D eigenvalue weighted by Crippen LogP contribution is 2.55. The van der Waals surface area contributed by atoms with Crippen LogP contribution in [0.2, 0.25) is 0 Å². The maximum Gasteiger partial charge on any atom is 0.220 e. The number of para-hydroxylation sites is 1. The summed E-state index contributed by atoms with van der Waals surface area (Å²) in [4.78, 5) is 4.24. The van der Waals surface area contributed by atoms with Crippen molar-refractivity contribution < 1.29 is 20.6 Å². The average Bonchev–Trinajstić information content (AvgIpc) is 1.61. The molecule has 6 heteroatoms. The molecule has 4 aromatic heterocycles. The number of aromatic nitrogens is 2. The number of nitriles is 1. The van der Waals surface area contributed by atoms with Gasteiger partial charge in [-0.1, -0.05) is 206 Å². The third kappa shape index (κ3) is 6.05. The molecule has 342 valence electrons. The minimum atomic E-state index is -0.774. The van der Waals surface area contributed by atoms with E-state index in [0.29, 0.717) is 42.8 Å². The molecule has 15 aromatic rings. The number of fused-ring (bicyclic) bond motifs is 14. The van der Waals surface area contributed by atoms with E-state index in [1.165, 1.54) is 22.7 Å². The molecule has 4 heterocycles. The number of benzene rings is 11. The largest absolute Gasteiger partial charge is 0.318 e. The van der Waals surface area contributed by atoms with Crippen molar-refractivity contribution in [3.8, 4) is 62.0 Å². The second-order valence-corrected chi connectivity index (χ2v) is 19.8. The van der Waals surface area contributed by atoms with Crippen LogP contribution in [0.1, 0.15) is 26.1 Å². The van der Waals surface area contributed by atoms with Gasteiger partial charge in [0.25, 0.3) is 0 Å². The highest BCUT2D eigenvalue weighted by atomic mass is 32.1. The van der Waals surface area contributed by atoms with Gasteiger partial charge in [-0.3, -0.25) is 0 Å². The Kier molecular flexibility index (Phi) is 6.62. The van der Waals surface area contributed by atoms with Crippen molar-refractivity contribution in [1.29, 1.82) is 5.26 Å². The van der Waals surface area contributed by atoms with Crippen LogP contribution in [-0.2, 0) is 0 Å². The lowest BCUT2D eigenvalue weighted by molar-refractivity contribution is 1.14. The van der Waals surface area contributed by atoms with Crippen molar-refractivity contribution in [1.82, 2.24) is 9.13 Å². The summed E-state index contributed by atoms with van der Waals surface area (Å²) in [6.07, 6.45) is 0. The normalized spacial score (nSPS) is 14.6. The first kappa shape index (κ1) is 29.7. The molecule has 0 spiro atoms. The van der Waals surface area contributed by atoms with Gasteiger partial charge in [-0.2, -0.15) is 5.26 Å². The monoisotopic (exact) mass is 989 g/mol. The molecular weight excluding hydrogens is 937 g/mol. The molecule has 0 radical (unpaired) electrons. The molecule has 11 aromatic carbocycles. The molecule has 0 aliphatic carbocycles. The summed E-state index contributed by atoms with van der Waals surface area (Å²) in [5.74, 6) is 0. The van der Waals surface area contributed by atoms with Crippen LogP contribution in [0.25, 0.3) is 145 Å². The van der Waals surface area contributed by atoms with Crippen LogP contribution in [-0.4, -0.2) is 9.13 Å². The number of hydrogen-bond acceptors (Lipinski definition) is 3. The summed E-state index contributed by atoms with van der Waals surface area (Å²) >= 11 is 2.95. The lowest BCUT2D eigenvalue weighted by atomic mass is 9.88. The Hall–Kier alpha value is -9.56. The van der Waals surface area contributed by atoms with E-state index in [1.54, 1.807) is 47.0 Å². The van der Waals surface area contributed by atoms with Gasteiger partial charge in [-0.05, 0) is 57.6 Å². The van der Waals surface area contributed by atoms with Crippen molar-refractivity contribution >= 4 is 112 Å². The van der Waals surface area contributed by atoms with E-state index in [1.807, 2.05) is 95.6 Å². The van der Waals surface area contributed by atoms with Gasteiger partial charge in [0, 0.05) is 63.6 Å². The predicted molar refractivity (Wildman–Crippen MR) is 314 cm³/mol. The molecule has 0 fully saturated rings. The van der Waals surface area contributed by atoms with Gasteiger partial charge in [-0.15, -0.1) is 22.7 Å². The number of thiophene rings is 2. The standard InChI is InChI=1S/C68H38N4S2/c1-70-62-59(43-23-10-4-11-24-43)54(40-69)63(60(44-25-12-5-13-26-44)66(62)71-55-30-16-14-27-47(55)48-34-33-45(39-56(48)71)41-19-6-2-7-20-41)72-64-50(35-37-52-49-28-15-17-31-57(49)73-67(52)64)51-36-38-53-61-46(42-21-8-3-9-22-42)29-18-32-58(61)74-68(53)65(51)72/h2-39H/i2D,4D,5D,6D,7D,10D,11D,12D,13D,19D,20D,23D,24D,25D,26D. The van der Waals surface area contributed by atoms with E-state index in [2.05, 4.69) is 17.0 Å². The highest BCUT2D eigenvalue weighted by molar-refractivity contribution is 7.27. The van der Waals surface area contributed by atoms with E-state index in [0.717, 1.165) is 46.8 Å². The number of nitrogens with zero attached hydrogens (tertiary/aromatic N) is 4. The topological polar surface area (TPSA) is 38.0 Å². The molecule has 0 saturated carbocycles. The van der Waals surface area contributed by atoms with E-state index in [4.69, 9.17) is 12.3 Å². The Bertz CT molecular complexity index is 5760. The van der Waals surface area contributed by atoms with Crippen LogP contribution in [0.3, 0.4) is 0 Å². The van der Waals surface area contributed by atoms with Crippen molar-refractivity contribution in [2.24, 2.45) is 0 Å². The Morgan fingerprint density at radius 1 is 0.446 bits per heavy atom. The summed E-state index contributed by atoms with van der Waals surface area (Å²) in [6.45, 7) is 9.52. The fourth-order valence-corrected chi connectivity index (χ4v) is 13.6. The van der Waals surface area contributed by atoms with E-state index in [9.17, 15) is 20.1 Å². The Balaban J connectivity index is 1.28. The second-order valence-electron chi connectivity index (χ2n) is 17.7. The van der Waals surface area contributed by atoms with Gasteiger partial charge in [0.2, 0.25) is 5.69 Å². The van der Waals surface area contributed by atoms with Gasteiger partial charge >= 0.3 is 0 Å². The fraction of sp³-hybridized carbons (Fsp3) is 0. The minimum Gasteiger partial charge on any atom is -0.318 e. The van der Waals surface area contributed by atoms with Gasteiger partial charge in [-0.25, -0.2) is 4.85 Å². The minimum absolute atomic E-state index is 0.142. The zero-order valence-electron chi connectivity index (χ0n) is 53.4. The van der Waals surface area contributed by atoms with Crippen LogP contribution in [0.5, 0.6) is 0 Å². The molecule has 0 bridgehead atoms. The number of hydrogen-bond donors (Lipinski definition) is 0. The maximum absolute atomic E-state index is 12.5. The Labute approximate surface area is 454 Å². The average molecular weight is 990 g/mol. The van der Waals surface area contributed by atoms with Crippen LogP contribution >= 0.6 is 22.7 Å².